The molecular weight excluding hydrogens is 406 g/mol. The van der Waals surface area contributed by atoms with Gasteiger partial charge in [-0.1, -0.05) is 24.3 Å². The minimum Gasteiger partial charge on any atom is -0.501 e. The van der Waals surface area contributed by atoms with Gasteiger partial charge in [-0.2, -0.15) is 0 Å². The molecule has 7 nitrogen and oxygen atoms in total. The molecule has 2 aromatic heterocycles. The quantitative estimate of drug-likeness (QED) is 0.588. The summed E-state index contributed by atoms with van der Waals surface area (Å²) in [6, 6.07) is 8.76. The lowest BCUT2D eigenvalue weighted by atomic mass is 9.82. The maximum Gasteiger partial charge on any atom is 0.294 e. The van der Waals surface area contributed by atoms with Crippen LogP contribution in [0.25, 0.3) is 22.3 Å². The van der Waals surface area contributed by atoms with E-state index in [1.807, 2.05) is 24.3 Å². The second-order valence-electron chi connectivity index (χ2n) is 7.95. The minimum atomic E-state index is -2.66. The number of hydrogen-bond acceptors (Lipinski definition) is 5. The van der Waals surface area contributed by atoms with Crippen LogP contribution in [0, 0.1) is 5.92 Å². The molecule has 1 atom stereocenters. The van der Waals surface area contributed by atoms with Crippen molar-refractivity contribution in [3.8, 4) is 17.3 Å². The lowest BCUT2D eigenvalue weighted by Crippen LogP contribution is -2.41. The van der Waals surface area contributed by atoms with Crippen LogP contribution in [0.1, 0.15) is 43.1 Å². The Morgan fingerprint density at radius 3 is 2.71 bits per heavy atom. The molecule has 1 saturated carbocycles. The molecule has 162 valence electrons. The predicted molar refractivity (Wildman–Crippen MR) is 111 cm³/mol. The summed E-state index contributed by atoms with van der Waals surface area (Å²) < 4.78 is 26.8. The second kappa shape index (κ2) is 8.05. The van der Waals surface area contributed by atoms with Gasteiger partial charge in [0.15, 0.2) is 11.5 Å². The zero-order chi connectivity index (χ0) is 22.2. The predicted octanol–water partition coefficient (Wildman–Crippen LogP) is 3.63. The van der Waals surface area contributed by atoms with Gasteiger partial charge in [0.05, 0.1) is 0 Å². The fourth-order valence-corrected chi connectivity index (χ4v) is 4.00. The number of carbonyl (C=O) groups is 1. The van der Waals surface area contributed by atoms with Crippen LogP contribution in [-0.2, 0) is 0 Å². The lowest BCUT2D eigenvalue weighted by Gasteiger charge is -2.32. The van der Waals surface area contributed by atoms with Crippen molar-refractivity contribution in [2.75, 3.05) is 0 Å². The molecule has 0 aliphatic heterocycles. The molecule has 31 heavy (non-hydrogen) atoms. The smallest absolute Gasteiger partial charge is 0.294 e. The highest BCUT2D eigenvalue weighted by Crippen LogP contribution is 2.37. The van der Waals surface area contributed by atoms with E-state index in [1.165, 1.54) is 0 Å². The van der Waals surface area contributed by atoms with Gasteiger partial charge in [0.25, 0.3) is 11.5 Å². The molecule has 9 heteroatoms. The summed E-state index contributed by atoms with van der Waals surface area (Å²) in [4.78, 5) is 36.0. The maximum absolute atomic E-state index is 13.4. The number of fused-ring (bicyclic) bond motifs is 1. The highest BCUT2D eigenvalue weighted by atomic mass is 19.3. The Kier molecular flexibility index (Phi) is 5.43. The number of benzene rings is 1. The van der Waals surface area contributed by atoms with E-state index in [9.17, 15) is 23.5 Å². The van der Waals surface area contributed by atoms with Crippen LogP contribution in [0.15, 0.2) is 41.3 Å². The molecular formula is C22H22F2N4O3. The number of pyridine rings is 1. The number of hydrogen-bond donors (Lipinski definition) is 3. The van der Waals surface area contributed by atoms with Crippen molar-refractivity contribution in [3.63, 3.8) is 0 Å². The summed E-state index contributed by atoms with van der Waals surface area (Å²) in [6.07, 6.45) is 1.70. The molecule has 1 amide bonds. The average Bonchev–Trinajstić information content (AvgIpc) is 2.75. The molecule has 1 aliphatic rings. The van der Waals surface area contributed by atoms with Gasteiger partial charge < -0.3 is 15.4 Å². The molecule has 0 bridgehead atoms. The molecule has 3 N–H and O–H groups in total. The van der Waals surface area contributed by atoms with E-state index in [0.717, 1.165) is 10.8 Å². The normalized spacial score (nSPS) is 17.4. The fourth-order valence-electron chi connectivity index (χ4n) is 4.00. The van der Waals surface area contributed by atoms with E-state index in [0.29, 0.717) is 5.69 Å². The number of nitrogens with zero attached hydrogens (tertiary/aromatic N) is 2. The number of halogens is 2. The molecule has 1 unspecified atom stereocenters. The van der Waals surface area contributed by atoms with E-state index >= 15 is 0 Å². The lowest BCUT2D eigenvalue weighted by molar-refractivity contribution is -0.0485. The number of aromatic nitrogens is 3. The number of aromatic hydroxyl groups is 1. The van der Waals surface area contributed by atoms with Crippen molar-refractivity contribution < 1.29 is 18.7 Å². The summed E-state index contributed by atoms with van der Waals surface area (Å²) in [6.45, 7) is 1.73. The molecule has 0 spiro atoms. The third-order valence-corrected chi connectivity index (χ3v) is 5.84. The summed E-state index contributed by atoms with van der Waals surface area (Å²) in [5, 5.41) is 14.5. The van der Waals surface area contributed by atoms with Crippen molar-refractivity contribution in [1.82, 2.24) is 20.3 Å². The van der Waals surface area contributed by atoms with E-state index in [-0.39, 0.29) is 37.4 Å². The van der Waals surface area contributed by atoms with Gasteiger partial charge in [-0.3, -0.25) is 14.6 Å². The van der Waals surface area contributed by atoms with Crippen molar-refractivity contribution in [1.29, 1.82) is 0 Å². The maximum atomic E-state index is 13.4. The minimum absolute atomic E-state index is 0.0507. The van der Waals surface area contributed by atoms with Crippen LogP contribution in [0.4, 0.5) is 8.78 Å². The number of nitrogens with one attached hydrogen (secondary N) is 2. The Balaban J connectivity index is 1.62. The van der Waals surface area contributed by atoms with Crippen LogP contribution in [-0.4, -0.2) is 37.9 Å². The van der Waals surface area contributed by atoms with Gasteiger partial charge in [0, 0.05) is 30.5 Å². The van der Waals surface area contributed by atoms with Gasteiger partial charge in [-0.05, 0) is 37.1 Å². The third kappa shape index (κ3) is 4.26. The van der Waals surface area contributed by atoms with Crippen molar-refractivity contribution >= 4 is 16.7 Å². The molecule has 3 aromatic rings. The van der Waals surface area contributed by atoms with Crippen molar-refractivity contribution in [2.24, 2.45) is 5.92 Å². The first-order valence-corrected chi connectivity index (χ1v) is 10.1. The molecule has 0 radical (unpaired) electrons. The number of H-pyrrole nitrogens is 1. The molecule has 1 aromatic carbocycles. The van der Waals surface area contributed by atoms with Crippen LogP contribution >= 0.6 is 0 Å². The first kappa shape index (κ1) is 20.9. The molecule has 1 fully saturated rings. The van der Waals surface area contributed by atoms with Crippen LogP contribution in [0.3, 0.4) is 0 Å². The number of alkyl halides is 2. The zero-order valence-corrected chi connectivity index (χ0v) is 16.9. The van der Waals surface area contributed by atoms with Gasteiger partial charge in [0.1, 0.15) is 5.69 Å². The Bertz CT molecular complexity index is 1180. The van der Waals surface area contributed by atoms with Crippen LogP contribution in [0.2, 0.25) is 0 Å². The average molecular weight is 428 g/mol. The van der Waals surface area contributed by atoms with E-state index in [1.54, 1.807) is 19.2 Å². The highest BCUT2D eigenvalue weighted by molar-refractivity contribution is 5.96. The molecule has 2 heterocycles. The SMILES string of the molecule is CC(NC(=O)c1nc(-c2nccc3ccccc23)[nH]c(=O)c1O)C1CCC(F)(F)CC1. The molecule has 1 aliphatic carbocycles. The molecule has 0 saturated heterocycles. The van der Waals surface area contributed by atoms with E-state index in [4.69, 9.17) is 0 Å². The van der Waals surface area contributed by atoms with Crippen molar-refractivity contribution in [3.05, 3.63) is 52.6 Å². The fraction of sp³-hybridized carbons (Fsp3) is 0.364. The monoisotopic (exact) mass is 428 g/mol. The van der Waals surface area contributed by atoms with E-state index in [2.05, 4.69) is 20.3 Å². The number of carbonyl (C=O) groups excluding carboxylic acids is 1. The van der Waals surface area contributed by atoms with Crippen LogP contribution in [0.5, 0.6) is 5.75 Å². The van der Waals surface area contributed by atoms with Gasteiger partial charge in [-0.25, -0.2) is 13.8 Å². The standard InChI is InChI=1S/C22H22F2N4O3/c1-12(13-6-9-22(23,24)10-7-13)26-20(30)17-18(29)21(31)28-19(27-17)16-15-5-3-2-4-14(15)8-11-25-16/h2-5,8,11-13,29H,6-7,9-10H2,1H3,(H,26,30)(H,27,28,31). The van der Waals surface area contributed by atoms with Crippen molar-refractivity contribution in [2.45, 2.75) is 44.6 Å². The first-order chi connectivity index (χ1) is 14.7. The van der Waals surface area contributed by atoms with Crippen LogP contribution < -0.4 is 10.9 Å². The highest BCUT2D eigenvalue weighted by Gasteiger charge is 2.37. The number of amides is 1. The van der Waals surface area contributed by atoms with Gasteiger partial charge >= 0.3 is 0 Å². The number of aromatic amines is 1. The topological polar surface area (TPSA) is 108 Å². The largest absolute Gasteiger partial charge is 0.501 e. The Hall–Kier alpha value is -3.36. The van der Waals surface area contributed by atoms with Gasteiger partial charge in [-0.15, -0.1) is 0 Å². The first-order valence-electron chi connectivity index (χ1n) is 10.1. The third-order valence-electron chi connectivity index (χ3n) is 5.84. The summed E-state index contributed by atoms with van der Waals surface area (Å²) in [5.74, 6) is -4.27. The Morgan fingerprint density at radius 2 is 1.97 bits per heavy atom. The summed E-state index contributed by atoms with van der Waals surface area (Å²) in [7, 11) is 0. The molecule has 4 rings (SSSR count). The van der Waals surface area contributed by atoms with E-state index < -0.39 is 34.9 Å². The van der Waals surface area contributed by atoms with Gasteiger partial charge in [0.2, 0.25) is 11.7 Å². The summed E-state index contributed by atoms with van der Waals surface area (Å²) in [5.41, 5.74) is -0.928. The second-order valence-corrected chi connectivity index (χ2v) is 7.95. The Morgan fingerprint density at radius 1 is 1.26 bits per heavy atom. The Labute approximate surface area is 176 Å². The summed E-state index contributed by atoms with van der Waals surface area (Å²) >= 11 is 0. The number of rotatable bonds is 4. The zero-order valence-electron chi connectivity index (χ0n) is 16.9.